The first-order valence-electron chi connectivity index (χ1n) is 6.30. The molecule has 0 saturated carbocycles. The molecular formula is C14H17N3O2S. The van der Waals surface area contributed by atoms with Crippen LogP contribution in [0.15, 0.2) is 29.3 Å². The van der Waals surface area contributed by atoms with Crippen LogP contribution in [-0.2, 0) is 6.54 Å². The number of aryl methyl sites for hydroxylation is 1. The molecule has 0 fully saturated rings. The van der Waals surface area contributed by atoms with Gasteiger partial charge in [-0.1, -0.05) is 36.8 Å². The first-order valence-corrected chi connectivity index (χ1v) is 7.29. The van der Waals surface area contributed by atoms with Crippen LogP contribution in [0.3, 0.4) is 0 Å². The maximum Gasteiger partial charge on any atom is 0.342 e. The van der Waals surface area contributed by atoms with Crippen LogP contribution >= 0.6 is 11.8 Å². The maximum atomic E-state index is 11.3. The number of anilines is 1. The van der Waals surface area contributed by atoms with Crippen LogP contribution < -0.4 is 5.73 Å². The summed E-state index contributed by atoms with van der Waals surface area (Å²) in [7, 11) is 0. The third-order valence-electron chi connectivity index (χ3n) is 2.87. The number of carboxylic acid groups (broad SMARTS) is 1. The molecule has 0 unspecified atom stereocenters. The summed E-state index contributed by atoms with van der Waals surface area (Å²) in [5.74, 6) is -0.0786. The summed E-state index contributed by atoms with van der Waals surface area (Å²) in [6.45, 7) is 4.43. The third-order valence-corrected chi connectivity index (χ3v) is 3.72. The maximum absolute atomic E-state index is 11.3. The summed E-state index contributed by atoms with van der Waals surface area (Å²) in [5, 5.41) is 14.0. The summed E-state index contributed by atoms with van der Waals surface area (Å²) >= 11 is 1.39. The van der Waals surface area contributed by atoms with Crippen molar-refractivity contribution in [3.8, 4) is 0 Å². The number of benzene rings is 1. The van der Waals surface area contributed by atoms with E-state index in [1.54, 1.807) is 4.68 Å². The zero-order valence-corrected chi connectivity index (χ0v) is 12.3. The van der Waals surface area contributed by atoms with Gasteiger partial charge in [0, 0.05) is 0 Å². The van der Waals surface area contributed by atoms with E-state index >= 15 is 0 Å². The van der Waals surface area contributed by atoms with Crippen molar-refractivity contribution < 1.29 is 9.90 Å². The van der Waals surface area contributed by atoms with Crippen LogP contribution in [0.25, 0.3) is 0 Å². The Morgan fingerprint density at radius 3 is 2.85 bits per heavy atom. The molecule has 5 nitrogen and oxygen atoms in total. The average molecular weight is 291 g/mol. The van der Waals surface area contributed by atoms with E-state index in [0.29, 0.717) is 11.6 Å². The lowest BCUT2D eigenvalue weighted by molar-refractivity contribution is 0.0694. The molecule has 2 rings (SSSR count). The molecule has 3 N–H and O–H groups in total. The van der Waals surface area contributed by atoms with E-state index in [-0.39, 0.29) is 11.4 Å². The molecule has 0 aliphatic carbocycles. The smallest absolute Gasteiger partial charge is 0.342 e. The molecule has 0 spiro atoms. The quantitative estimate of drug-likeness (QED) is 0.828. The highest BCUT2D eigenvalue weighted by molar-refractivity contribution is 7.99. The second kappa shape index (κ2) is 6.00. The molecule has 0 aliphatic heterocycles. The molecule has 1 aromatic carbocycles. The molecule has 20 heavy (non-hydrogen) atoms. The molecule has 0 amide bonds. The summed E-state index contributed by atoms with van der Waals surface area (Å²) < 4.78 is 1.55. The molecule has 1 heterocycles. The van der Waals surface area contributed by atoms with Gasteiger partial charge in [-0.05, 0) is 18.2 Å². The third kappa shape index (κ3) is 2.96. The van der Waals surface area contributed by atoms with Gasteiger partial charge in [0.05, 0.1) is 6.54 Å². The Kier molecular flexibility index (Phi) is 4.34. The number of nitrogens with zero attached hydrogens (tertiary/aromatic N) is 2. The van der Waals surface area contributed by atoms with Gasteiger partial charge in [-0.15, -0.1) is 11.8 Å². The lowest BCUT2D eigenvalue weighted by Crippen LogP contribution is -2.08. The summed E-state index contributed by atoms with van der Waals surface area (Å²) in [6.07, 6.45) is 0. The second-order valence-corrected chi connectivity index (χ2v) is 5.70. The number of rotatable bonds is 5. The van der Waals surface area contributed by atoms with E-state index in [1.165, 1.54) is 11.8 Å². The van der Waals surface area contributed by atoms with E-state index in [0.717, 1.165) is 16.9 Å². The zero-order valence-electron chi connectivity index (χ0n) is 11.5. The molecule has 0 atom stereocenters. The van der Waals surface area contributed by atoms with Gasteiger partial charge in [0.15, 0.2) is 0 Å². The molecule has 6 heteroatoms. The van der Waals surface area contributed by atoms with Gasteiger partial charge in [0.25, 0.3) is 0 Å². The first-order chi connectivity index (χ1) is 9.52. The van der Waals surface area contributed by atoms with Gasteiger partial charge >= 0.3 is 5.97 Å². The lowest BCUT2D eigenvalue weighted by atomic mass is 10.1. The van der Waals surface area contributed by atoms with Crippen LogP contribution in [0.5, 0.6) is 0 Å². The first kappa shape index (κ1) is 14.5. The minimum atomic E-state index is -1.03. The normalized spacial score (nSPS) is 10.7. The molecule has 2 aromatic rings. The van der Waals surface area contributed by atoms with Crippen LogP contribution in [0.4, 0.5) is 5.82 Å². The topological polar surface area (TPSA) is 81.1 Å². The molecule has 0 saturated heterocycles. The van der Waals surface area contributed by atoms with Gasteiger partial charge in [-0.2, -0.15) is 5.10 Å². The van der Waals surface area contributed by atoms with E-state index < -0.39 is 5.97 Å². The molecule has 0 bridgehead atoms. The highest BCUT2D eigenvalue weighted by Crippen LogP contribution is 2.27. The Morgan fingerprint density at radius 1 is 1.50 bits per heavy atom. The standard InChI is InChI=1S/C14H17N3O2S/c1-3-20-13-11(14(18)19)12(15)17(16-13)8-10-6-4-5-9(2)7-10/h4-7H,3,8,15H2,1-2H3,(H,18,19). The number of hydrogen-bond acceptors (Lipinski definition) is 4. The predicted molar refractivity (Wildman–Crippen MR) is 80.3 cm³/mol. The van der Waals surface area contributed by atoms with Crippen molar-refractivity contribution in [1.29, 1.82) is 0 Å². The number of aromatic nitrogens is 2. The van der Waals surface area contributed by atoms with Crippen molar-refractivity contribution in [2.24, 2.45) is 0 Å². The molecule has 0 radical (unpaired) electrons. The summed E-state index contributed by atoms with van der Waals surface area (Å²) in [6, 6.07) is 7.98. The highest BCUT2D eigenvalue weighted by Gasteiger charge is 2.21. The monoisotopic (exact) mass is 291 g/mol. The Hall–Kier alpha value is -1.95. The van der Waals surface area contributed by atoms with Gasteiger partial charge in [0.1, 0.15) is 16.4 Å². The Labute approximate surface area is 121 Å². The highest BCUT2D eigenvalue weighted by atomic mass is 32.2. The predicted octanol–water partition coefficient (Wildman–Crippen LogP) is 2.63. The van der Waals surface area contributed by atoms with E-state index in [4.69, 9.17) is 5.73 Å². The Morgan fingerprint density at radius 2 is 2.25 bits per heavy atom. The van der Waals surface area contributed by atoms with Crippen LogP contribution in [0.1, 0.15) is 28.4 Å². The summed E-state index contributed by atoms with van der Waals surface area (Å²) in [5.41, 5.74) is 8.22. The van der Waals surface area contributed by atoms with Crippen molar-refractivity contribution in [2.75, 3.05) is 11.5 Å². The number of nitrogens with two attached hydrogens (primary N) is 1. The fourth-order valence-electron chi connectivity index (χ4n) is 1.99. The van der Waals surface area contributed by atoms with Crippen molar-refractivity contribution >= 4 is 23.5 Å². The van der Waals surface area contributed by atoms with Crippen LogP contribution in [-0.4, -0.2) is 26.6 Å². The van der Waals surface area contributed by atoms with Crippen LogP contribution in [0, 0.1) is 6.92 Å². The fraction of sp³-hybridized carbons (Fsp3) is 0.286. The molecule has 0 aliphatic rings. The van der Waals surface area contributed by atoms with E-state index in [2.05, 4.69) is 5.10 Å². The average Bonchev–Trinajstić information content (AvgIpc) is 2.66. The fourth-order valence-corrected chi connectivity index (χ4v) is 2.76. The zero-order chi connectivity index (χ0) is 14.7. The SMILES string of the molecule is CCSc1nn(Cc2cccc(C)c2)c(N)c1C(=O)O. The van der Waals surface area contributed by atoms with Gasteiger partial charge in [-0.25, -0.2) is 9.48 Å². The van der Waals surface area contributed by atoms with Crippen molar-refractivity contribution in [3.63, 3.8) is 0 Å². The number of hydrogen-bond donors (Lipinski definition) is 2. The Balaban J connectivity index is 2.37. The summed E-state index contributed by atoms with van der Waals surface area (Å²) in [4.78, 5) is 11.3. The van der Waals surface area contributed by atoms with Gasteiger partial charge < -0.3 is 10.8 Å². The van der Waals surface area contributed by atoms with Crippen LogP contribution in [0.2, 0.25) is 0 Å². The van der Waals surface area contributed by atoms with Crippen molar-refractivity contribution in [1.82, 2.24) is 9.78 Å². The van der Waals surface area contributed by atoms with E-state index in [1.807, 2.05) is 38.1 Å². The van der Waals surface area contributed by atoms with E-state index in [9.17, 15) is 9.90 Å². The van der Waals surface area contributed by atoms with Crippen molar-refractivity contribution in [2.45, 2.75) is 25.4 Å². The Bertz CT molecular complexity index is 637. The van der Waals surface area contributed by atoms with Gasteiger partial charge in [-0.3, -0.25) is 0 Å². The largest absolute Gasteiger partial charge is 0.477 e. The molecule has 1 aromatic heterocycles. The second-order valence-electron chi connectivity index (χ2n) is 4.45. The number of aromatic carboxylic acids is 1. The molecular weight excluding hydrogens is 274 g/mol. The van der Waals surface area contributed by atoms with Gasteiger partial charge in [0.2, 0.25) is 0 Å². The number of carboxylic acids is 1. The number of thioether (sulfide) groups is 1. The number of carbonyl (C=O) groups is 1. The lowest BCUT2D eigenvalue weighted by Gasteiger charge is -2.05. The van der Waals surface area contributed by atoms with Crippen molar-refractivity contribution in [3.05, 3.63) is 41.0 Å². The molecule has 106 valence electrons. The minimum Gasteiger partial charge on any atom is -0.477 e. The minimum absolute atomic E-state index is 0.101. The number of nitrogen functional groups attached to an aromatic ring is 1.